The van der Waals surface area contributed by atoms with Gasteiger partial charge in [-0.2, -0.15) is 4.98 Å². The maximum atomic E-state index is 11.3. The van der Waals surface area contributed by atoms with Crippen LogP contribution in [0.25, 0.3) is 0 Å². The lowest BCUT2D eigenvalue weighted by molar-refractivity contribution is 0.143. The molecule has 0 saturated carbocycles. The standard InChI is InChI=1S/C22H22N2O3/c1-16(13-17-5-3-2-4-6-17)18-7-9-19(10-8-18)26-15-20-14-24-12-11-21(25)23-22(24)27-20/h2-12,16,20H,13-15H2,1H3. The van der Waals surface area contributed by atoms with E-state index in [9.17, 15) is 4.79 Å². The predicted molar refractivity (Wildman–Crippen MR) is 103 cm³/mol. The molecule has 2 aromatic carbocycles. The molecule has 5 heteroatoms. The topological polar surface area (TPSA) is 53.4 Å². The van der Waals surface area contributed by atoms with Gasteiger partial charge in [0.15, 0.2) is 6.10 Å². The van der Waals surface area contributed by atoms with Crippen LogP contribution in [0.4, 0.5) is 0 Å². The Balaban J connectivity index is 1.31. The number of rotatable bonds is 6. The molecule has 0 fully saturated rings. The first-order chi connectivity index (χ1) is 13.2. The van der Waals surface area contributed by atoms with Crippen LogP contribution in [-0.2, 0) is 13.0 Å². The summed E-state index contributed by atoms with van der Waals surface area (Å²) < 4.78 is 13.3. The Kier molecular flexibility index (Phi) is 4.92. The Morgan fingerprint density at radius 1 is 1.15 bits per heavy atom. The molecule has 1 aliphatic heterocycles. The van der Waals surface area contributed by atoms with Gasteiger partial charge in [-0.3, -0.25) is 9.36 Å². The van der Waals surface area contributed by atoms with Gasteiger partial charge in [-0.05, 0) is 35.6 Å². The highest BCUT2D eigenvalue weighted by Crippen LogP contribution is 2.23. The third kappa shape index (κ3) is 4.19. The van der Waals surface area contributed by atoms with Gasteiger partial charge in [-0.25, -0.2) is 0 Å². The molecular weight excluding hydrogens is 340 g/mol. The van der Waals surface area contributed by atoms with Gasteiger partial charge in [-0.1, -0.05) is 49.4 Å². The van der Waals surface area contributed by atoms with Gasteiger partial charge in [0, 0.05) is 12.3 Å². The molecule has 0 spiro atoms. The maximum Gasteiger partial charge on any atom is 0.300 e. The van der Waals surface area contributed by atoms with Crippen LogP contribution in [0.3, 0.4) is 0 Å². The maximum absolute atomic E-state index is 11.3. The minimum absolute atomic E-state index is 0.143. The molecule has 27 heavy (non-hydrogen) atoms. The van der Waals surface area contributed by atoms with E-state index in [1.165, 1.54) is 17.2 Å². The minimum Gasteiger partial charge on any atom is -0.490 e. The van der Waals surface area contributed by atoms with Crippen molar-refractivity contribution in [3.05, 3.63) is 88.3 Å². The van der Waals surface area contributed by atoms with Crippen LogP contribution in [0.2, 0.25) is 0 Å². The number of nitrogens with zero attached hydrogens (tertiary/aromatic N) is 2. The highest BCUT2D eigenvalue weighted by molar-refractivity contribution is 5.30. The van der Waals surface area contributed by atoms with Crippen molar-refractivity contribution < 1.29 is 9.47 Å². The normalized spacial score (nSPS) is 16.4. The fourth-order valence-electron chi connectivity index (χ4n) is 3.31. The first-order valence-corrected chi connectivity index (χ1v) is 9.18. The third-order valence-electron chi connectivity index (χ3n) is 4.79. The lowest BCUT2D eigenvalue weighted by Gasteiger charge is -2.14. The van der Waals surface area contributed by atoms with Crippen LogP contribution in [0.1, 0.15) is 24.0 Å². The predicted octanol–water partition coefficient (Wildman–Crippen LogP) is 3.43. The van der Waals surface area contributed by atoms with E-state index in [1.54, 1.807) is 6.20 Å². The second-order valence-electron chi connectivity index (χ2n) is 6.91. The summed E-state index contributed by atoms with van der Waals surface area (Å²) in [5.74, 6) is 1.26. The average molecular weight is 362 g/mol. The van der Waals surface area contributed by atoms with Crippen molar-refractivity contribution in [2.45, 2.75) is 31.9 Å². The van der Waals surface area contributed by atoms with E-state index in [0.717, 1.165) is 12.2 Å². The molecule has 2 unspecified atom stereocenters. The van der Waals surface area contributed by atoms with Crippen LogP contribution in [0, 0.1) is 0 Å². The van der Waals surface area contributed by atoms with Crippen molar-refractivity contribution in [1.82, 2.24) is 9.55 Å². The van der Waals surface area contributed by atoms with Crippen LogP contribution < -0.4 is 15.0 Å². The molecule has 0 radical (unpaired) electrons. The number of hydrogen-bond donors (Lipinski definition) is 0. The fourth-order valence-corrected chi connectivity index (χ4v) is 3.31. The van der Waals surface area contributed by atoms with E-state index in [-0.39, 0.29) is 11.7 Å². The summed E-state index contributed by atoms with van der Waals surface area (Å²) >= 11 is 0. The van der Waals surface area contributed by atoms with E-state index in [0.29, 0.717) is 25.1 Å². The molecule has 0 bridgehead atoms. The van der Waals surface area contributed by atoms with Crippen molar-refractivity contribution in [2.75, 3.05) is 6.61 Å². The molecule has 0 amide bonds. The summed E-state index contributed by atoms with van der Waals surface area (Å²) in [6.07, 6.45) is 2.57. The smallest absolute Gasteiger partial charge is 0.300 e. The Labute approximate surface area is 158 Å². The van der Waals surface area contributed by atoms with E-state index in [4.69, 9.17) is 9.47 Å². The van der Waals surface area contributed by atoms with Gasteiger partial charge in [-0.15, -0.1) is 0 Å². The molecule has 5 nitrogen and oxygen atoms in total. The minimum atomic E-state index is -0.289. The number of aromatic nitrogens is 2. The fraction of sp³-hybridized carbons (Fsp3) is 0.273. The quantitative estimate of drug-likeness (QED) is 0.674. The lowest BCUT2D eigenvalue weighted by Crippen LogP contribution is -2.23. The van der Waals surface area contributed by atoms with Crippen LogP contribution in [-0.4, -0.2) is 22.3 Å². The van der Waals surface area contributed by atoms with Gasteiger partial charge < -0.3 is 9.47 Å². The summed E-state index contributed by atoms with van der Waals surface area (Å²) in [5, 5.41) is 0. The molecule has 1 aliphatic rings. The zero-order valence-corrected chi connectivity index (χ0v) is 15.2. The van der Waals surface area contributed by atoms with E-state index >= 15 is 0 Å². The Morgan fingerprint density at radius 2 is 1.93 bits per heavy atom. The molecule has 138 valence electrons. The average Bonchev–Trinajstić information content (AvgIpc) is 3.09. The second kappa shape index (κ2) is 7.66. The number of fused-ring (bicyclic) bond motifs is 1. The molecule has 0 N–H and O–H groups in total. The van der Waals surface area contributed by atoms with Crippen molar-refractivity contribution in [3.63, 3.8) is 0 Å². The third-order valence-corrected chi connectivity index (χ3v) is 4.79. The van der Waals surface area contributed by atoms with Crippen molar-refractivity contribution in [3.8, 4) is 11.8 Å². The summed E-state index contributed by atoms with van der Waals surface area (Å²) in [7, 11) is 0. The molecule has 0 aliphatic carbocycles. The largest absolute Gasteiger partial charge is 0.490 e. The second-order valence-corrected chi connectivity index (χ2v) is 6.91. The molecule has 2 heterocycles. The van der Waals surface area contributed by atoms with E-state index < -0.39 is 0 Å². The summed E-state index contributed by atoms with van der Waals surface area (Å²) in [6, 6.07) is 20.6. The van der Waals surface area contributed by atoms with Gasteiger partial charge in [0.05, 0.1) is 6.54 Å². The first-order valence-electron chi connectivity index (χ1n) is 9.18. The molecular formula is C22H22N2O3. The van der Waals surface area contributed by atoms with Crippen molar-refractivity contribution in [2.24, 2.45) is 0 Å². The SMILES string of the molecule is CC(Cc1ccccc1)c1ccc(OCC2Cn3ccc(=O)nc3O2)cc1. The van der Waals surface area contributed by atoms with E-state index in [2.05, 4.69) is 48.3 Å². The summed E-state index contributed by atoms with van der Waals surface area (Å²) in [5.41, 5.74) is 2.34. The number of hydrogen-bond acceptors (Lipinski definition) is 4. The zero-order chi connectivity index (χ0) is 18.6. The first kappa shape index (κ1) is 17.3. The van der Waals surface area contributed by atoms with E-state index in [1.807, 2.05) is 22.8 Å². The van der Waals surface area contributed by atoms with Gasteiger partial charge in [0.2, 0.25) is 0 Å². The molecule has 4 rings (SSSR count). The van der Waals surface area contributed by atoms with Gasteiger partial charge >= 0.3 is 0 Å². The van der Waals surface area contributed by atoms with Gasteiger partial charge in [0.25, 0.3) is 11.6 Å². The van der Waals surface area contributed by atoms with Crippen LogP contribution in [0.15, 0.2) is 71.7 Å². The molecule has 2 atom stereocenters. The van der Waals surface area contributed by atoms with Gasteiger partial charge in [0.1, 0.15) is 12.4 Å². The molecule has 1 aromatic heterocycles. The molecule has 3 aromatic rings. The zero-order valence-electron chi connectivity index (χ0n) is 15.2. The summed E-state index contributed by atoms with van der Waals surface area (Å²) in [4.78, 5) is 15.1. The van der Waals surface area contributed by atoms with Crippen LogP contribution >= 0.6 is 0 Å². The monoisotopic (exact) mass is 362 g/mol. The number of ether oxygens (including phenoxy) is 2. The van der Waals surface area contributed by atoms with Crippen molar-refractivity contribution >= 4 is 0 Å². The van der Waals surface area contributed by atoms with Crippen molar-refractivity contribution in [1.29, 1.82) is 0 Å². The Bertz CT molecular complexity index is 951. The molecule has 0 saturated heterocycles. The highest BCUT2D eigenvalue weighted by Gasteiger charge is 2.23. The highest BCUT2D eigenvalue weighted by atomic mass is 16.6. The number of benzene rings is 2. The summed E-state index contributed by atoms with van der Waals surface area (Å²) in [6.45, 7) is 3.28. The van der Waals surface area contributed by atoms with Crippen LogP contribution in [0.5, 0.6) is 11.8 Å². The lowest BCUT2D eigenvalue weighted by atomic mass is 9.94. The Morgan fingerprint density at radius 3 is 2.70 bits per heavy atom. The Hall–Kier alpha value is -3.08.